The minimum Gasteiger partial charge on any atom is -0.352 e. The fourth-order valence-corrected chi connectivity index (χ4v) is 2.41. The van der Waals surface area contributed by atoms with Crippen molar-refractivity contribution in [3.05, 3.63) is 59.4 Å². The van der Waals surface area contributed by atoms with Crippen LogP contribution in [-0.2, 0) is 6.42 Å². The quantitative estimate of drug-likeness (QED) is 0.715. The summed E-state index contributed by atoms with van der Waals surface area (Å²) >= 11 is 0. The summed E-state index contributed by atoms with van der Waals surface area (Å²) in [5.74, 6) is -0.538. The molecule has 2 rings (SSSR count). The Morgan fingerprint density at radius 3 is 2.46 bits per heavy atom. The summed E-state index contributed by atoms with van der Waals surface area (Å²) in [7, 11) is 3.98. The monoisotopic (exact) mass is 354 g/mol. The summed E-state index contributed by atoms with van der Waals surface area (Å²) in [6, 6.07) is 10.8. The topological polar surface area (TPSA) is 74.3 Å². The SMILES string of the molecule is CCc1ccc(NC(=O)c2cc(C(=O)NCCCN(C)C)ccn2)cc1. The molecule has 26 heavy (non-hydrogen) atoms. The van der Waals surface area contributed by atoms with Crippen molar-refractivity contribution < 1.29 is 9.59 Å². The fourth-order valence-electron chi connectivity index (χ4n) is 2.41. The molecular weight excluding hydrogens is 328 g/mol. The number of amides is 2. The molecule has 0 aliphatic carbocycles. The number of nitrogens with one attached hydrogen (secondary N) is 2. The highest BCUT2D eigenvalue weighted by Gasteiger charge is 2.12. The van der Waals surface area contributed by atoms with E-state index < -0.39 is 0 Å². The van der Waals surface area contributed by atoms with Gasteiger partial charge >= 0.3 is 0 Å². The minimum absolute atomic E-state index is 0.201. The van der Waals surface area contributed by atoms with E-state index in [1.54, 1.807) is 6.07 Å². The summed E-state index contributed by atoms with van der Waals surface area (Å²) in [5, 5.41) is 5.66. The van der Waals surface area contributed by atoms with Gasteiger partial charge in [-0.1, -0.05) is 19.1 Å². The van der Waals surface area contributed by atoms with E-state index in [9.17, 15) is 9.59 Å². The molecule has 0 aliphatic rings. The summed E-state index contributed by atoms with van der Waals surface area (Å²) < 4.78 is 0. The molecule has 1 aromatic carbocycles. The first-order valence-electron chi connectivity index (χ1n) is 8.79. The van der Waals surface area contributed by atoms with Crippen LogP contribution < -0.4 is 10.6 Å². The van der Waals surface area contributed by atoms with Crippen LogP contribution in [0.25, 0.3) is 0 Å². The van der Waals surface area contributed by atoms with Gasteiger partial charge in [-0.2, -0.15) is 0 Å². The Hall–Kier alpha value is -2.73. The lowest BCUT2D eigenvalue weighted by Gasteiger charge is -2.10. The van der Waals surface area contributed by atoms with Crippen molar-refractivity contribution >= 4 is 17.5 Å². The molecule has 0 spiro atoms. The first-order valence-corrected chi connectivity index (χ1v) is 8.79. The van der Waals surface area contributed by atoms with Crippen molar-refractivity contribution in [2.75, 3.05) is 32.5 Å². The highest BCUT2D eigenvalue weighted by molar-refractivity contribution is 6.04. The lowest BCUT2D eigenvalue weighted by Crippen LogP contribution is -2.27. The molecule has 0 atom stereocenters. The Balaban J connectivity index is 1.96. The van der Waals surface area contributed by atoms with E-state index in [1.807, 2.05) is 38.4 Å². The summed E-state index contributed by atoms with van der Waals surface area (Å²) in [6.07, 6.45) is 3.29. The number of hydrogen-bond acceptors (Lipinski definition) is 4. The smallest absolute Gasteiger partial charge is 0.274 e. The standard InChI is InChI=1S/C20H26N4O2/c1-4-15-6-8-17(9-7-15)23-20(26)18-14-16(10-12-21-18)19(25)22-11-5-13-24(2)3/h6-10,12,14H,4-5,11,13H2,1-3H3,(H,22,25)(H,23,26). The second kappa shape index (κ2) is 9.68. The lowest BCUT2D eigenvalue weighted by molar-refractivity contribution is 0.0952. The van der Waals surface area contributed by atoms with E-state index in [0.29, 0.717) is 17.8 Å². The third kappa shape index (κ3) is 5.97. The van der Waals surface area contributed by atoms with Crippen LogP contribution in [0.2, 0.25) is 0 Å². The van der Waals surface area contributed by atoms with E-state index in [0.717, 1.165) is 19.4 Å². The molecule has 138 valence electrons. The fraction of sp³-hybridized carbons (Fsp3) is 0.350. The molecular formula is C20H26N4O2. The van der Waals surface area contributed by atoms with E-state index in [2.05, 4.69) is 27.4 Å². The number of benzene rings is 1. The zero-order chi connectivity index (χ0) is 18.9. The number of carbonyl (C=O) groups excluding carboxylic acids is 2. The van der Waals surface area contributed by atoms with Crippen LogP contribution >= 0.6 is 0 Å². The molecule has 2 amide bonds. The van der Waals surface area contributed by atoms with Crippen molar-refractivity contribution in [2.45, 2.75) is 19.8 Å². The van der Waals surface area contributed by atoms with Crippen LogP contribution in [0.1, 0.15) is 39.8 Å². The predicted octanol–water partition coefficient (Wildman–Crippen LogP) is 2.58. The van der Waals surface area contributed by atoms with Crippen LogP contribution in [0.4, 0.5) is 5.69 Å². The van der Waals surface area contributed by atoms with E-state index in [-0.39, 0.29) is 17.5 Å². The maximum atomic E-state index is 12.4. The average molecular weight is 354 g/mol. The van der Waals surface area contributed by atoms with Gasteiger partial charge in [0.05, 0.1) is 0 Å². The van der Waals surface area contributed by atoms with Crippen molar-refractivity contribution in [1.29, 1.82) is 0 Å². The first kappa shape index (κ1) is 19.6. The van der Waals surface area contributed by atoms with Crippen LogP contribution in [0.5, 0.6) is 0 Å². The number of anilines is 1. The van der Waals surface area contributed by atoms with Gasteiger partial charge in [0, 0.05) is 24.0 Å². The largest absolute Gasteiger partial charge is 0.352 e. The number of pyridine rings is 1. The molecule has 0 unspecified atom stereocenters. The van der Waals surface area contributed by atoms with Crippen LogP contribution in [-0.4, -0.2) is 48.9 Å². The van der Waals surface area contributed by atoms with E-state index in [1.165, 1.54) is 17.8 Å². The average Bonchev–Trinajstić information content (AvgIpc) is 2.65. The Labute approximate surface area is 154 Å². The number of carbonyl (C=O) groups is 2. The molecule has 0 radical (unpaired) electrons. The van der Waals surface area contributed by atoms with Crippen molar-refractivity contribution in [2.24, 2.45) is 0 Å². The molecule has 2 aromatic rings. The lowest BCUT2D eigenvalue weighted by atomic mass is 10.1. The third-order valence-electron chi connectivity index (χ3n) is 3.94. The van der Waals surface area contributed by atoms with E-state index in [4.69, 9.17) is 0 Å². The molecule has 0 bridgehead atoms. The maximum Gasteiger partial charge on any atom is 0.274 e. The van der Waals surface area contributed by atoms with Gasteiger partial charge in [0.25, 0.3) is 11.8 Å². The number of aryl methyl sites for hydroxylation is 1. The minimum atomic E-state index is -0.337. The van der Waals surface area contributed by atoms with Crippen molar-refractivity contribution in [1.82, 2.24) is 15.2 Å². The Morgan fingerprint density at radius 1 is 1.08 bits per heavy atom. The third-order valence-corrected chi connectivity index (χ3v) is 3.94. The van der Waals surface area contributed by atoms with Gasteiger partial charge in [0.2, 0.25) is 0 Å². The molecule has 0 saturated heterocycles. The molecule has 0 aliphatic heterocycles. The second-order valence-electron chi connectivity index (χ2n) is 6.35. The molecule has 1 aromatic heterocycles. The normalized spacial score (nSPS) is 10.6. The van der Waals surface area contributed by atoms with Crippen LogP contribution in [0.15, 0.2) is 42.6 Å². The summed E-state index contributed by atoms with van der Waals surface area (Å²) in [6.45, 7) is 3.57. The Bertz CT molecular complexity index is 742. The number of aromatic nitrogens is 1. The molecule has 2 N–H and O–H groups in total. The highest BCUT2D eigenvalue weighted by atomic mass is 16.2. The molecule has 1 heterocycles. The van der Waals surface area contributed by atoms with Gasteiger partial charge < -0.3 is 15.5 Å². The van der Waals surface area contributed by atoms with Crippen LogP contribution in [0.3, 0.4) is 0 Å². The Morgan fingerprint density at radius 2 is 1.81 bits per heavy atom. The first-order chi connectivity index (χ1) is 12.5. The van der Waals surface area contributed by atoms with Crippen molar-refractivity contribution in [3.63, 3.8) is 0 Å². The van der Waals surface area contributed by atoms with Gasteiger partial charge in [-0.05, 0) is 63.3 Å². The highest BCUT2D eigenvalue weighted by Crippen LogP contribution is 2.12. The van der Waals surface area contributed by atoms with Gasteiger partial charge in [-0.15, -0.1) is 0 Å². The predicted molar refractivity (Wildman–Crippen MR) is 104 cm³/mol. The Kier molecular flexibility index (Phi) is 7.29. The zero-order valence-corrected chi connectivity index (χ0v) is 15.6. The summed E-state index contributed by atoms with van der Waals surface area (Å²) in [5.41, 5.74) is 2.54. The van der Waals surface area contributed by atoms with Gasteiger partial charge in [-0.25, -0.2) is 0 Å². The molecule has 6 nitrogen and oxygen atoms in total. The van der Waals surface area contributed by atoms with Crippen LogP contribution in [0, 0.1) is 0 Å². The summed E-state index contributed by atoms with van der Waals surface area (Å²) in [4.78, 5) is 30.7. The maximum absolute atomic E-state index is 12.4. The number of nitrogens with zero attached hydrogens (tertiary/aromatic N) is 2. The van der Waals surface area contributed by atoms with Gasteiger partial charge in [-0.3, -0.25) is 14.6 Å². The number of rotatable bonds is 8. The molecule has 0 saturated carbocycles. The van der Waals surface area contributed by atoms with Gasteiger partial charge in [0.1, 0.15) is 5.69 Å². The molecule has 6 heteroatoms. The number of hydrogen-bond donors (Lipinski definition) is 2. The van der Waals surface area contributed by atoms with E-state index >= 15 is 0 Å². The van der Waals surface area contributed by atoms with Gasteiger partial charge in [0.15, 0.2) is 0 Å². The van der Waals surface area contributed by atoms with Crippen molar-refractivity contribution in [3.8, 4) is 0 Å². The molecule has 0 fully saturated rings. The zero-order valence-electron chi connectivity index (χ0n) is 15.6. The second-order valence-corrected chi connectivity index (χ2v) is 6.35.